The summed E-state index contributed by atoms with van der Waals surface area (Å²) in [5.41, 5.74) is 4.51. The van der Waals surface area contributed by atoms with Crippen molar-refractivity contribution in [3.63, 3.8) is 0 Å². The third-order valence-electron chi connectivity index (χ3n) is 6.98. The first kappa shape index (κ1) is 23.4. The van der Waals surface area contributed by atoms with Gasteiger partial charge >= 0.3 is 0 Å². The number of fused-ring (bicyclic) bond motifs is 2. The number of hydrazone groups is 1. The Morgan fingerprint density at radius 1 is 1.11 bits per heavy atom. The molecule has 2 amide bonds. The number of likely N-dealkylation sites (tertiary alicyclic amines) is 1. The van der Waals surface area contributed by atoms with Crippen molar-refractivity contribution in [2.24, 2.45) is 10.1 Å². The number of amidine groups is 2. The Labute approximate surface area is 218 Å². The SMILES string of the molecule is Cc1ccccc1Cn1cc(C=C2C(=N)N3N=C(CC(=O)N4CCCC4)SC3=NC2=O)c2ccccc21. The molecular weight excluding hydrogens is 484 g/mol. The van der Waals surface area contributed by atoms with E-state index in [4.69, 9.17) is 5.41 Å². The van der Waals surface area contributed by atoms with Crippen LogP contribution < -0.4 is 0 Å². The van der Waals surface area contributed by atoms with E-state index in [0.29, 0.717) is 16.8 Å². The first-order valence-electron chi connectivity index (χ1n) is 12.4. The number of amides is 2. The highest BCUT2D eigenvalue weighted by Crippen LogP contribution is 2.31. The van der Waals surface area contributed by atoms with E-state index in [1.165, 1.54) is 27.9 Å². The fourth-order valence-electron chi connectivity index (χ4n) is 4.96. The Bertz CT molecular complexity index is 1540. The van der Waals surface area contributed by atoms with E-state index in [0.717, 1.165) is 42.4 Å². The van der Waals surface area contributed by atoms with Crippen LogP contribution in [0.4, 0.5) is 0 Å². The Kier molecular flexibility index (Phi) is 6.00. The number of carbonyl (C=O) groups is 2. The molecule has 3 aliphatic heterocycles. The smallest absolute Gasteiger partial charge is 0.283 e. The Morgan fingerprint density at radius 3 is 2.68 bits per heavy atom. The van der Waals surface area contributed by atoms with Crippen molar-refractivity contribution in [3.05, 3.63) is 77.0 Å². The molecule has 2 aromatic carbocycles. The van der Waals surface area contributed by atoms with Crippen molar-refractivity contribution >= 4 is 56.6 Å². The Morgan fingerprint density at radius 2 is 1.86 bits per heavy atom. The highest BCUT2D eigenvalue weighted by molar-refractivity contribution is 8.27. The van der Waals surface area contributed by atoms with Crippen LogP contribution >= 0.6 is 11.8 Å². The fourth-order valence-corrected chi connectivity index (χ4v) is 5.83. The van der Waals surface area contributed by atoms with Gasteiger partial charge in [0.1, 0.15) is 5.04 Å². The molecule has 0 saturated carbocycles. The van der Waals surface area contributed by atoms with Gasteiger partial charge in [-0.05, 0) is 54.8 Å². The summed E-state index contributed by atoms with van der Waals surface area (Å²) in [6, 6.07) is 16.3. The van der Waals surface area contributed by atoms with E-state index in [1.807, 2.05) is 41.4 Å². The Balaban J connectivity index is 1.30. The molecule has 6 rings (SSSR count). The van der Waals surface area contributed by atoms with Crippen LogP contribution in [-0.4, -0.2) is 55.4 Å². The quantitative estimate of drug-likeness (QED) is 0.507. The summed E-state index contributed by atoms with van der Waals surface area (Å²) in [4.78, 5) is 31.6. The molecule has 8 nitrogen and oxygen atoms in total. The van der Waals surface area contributed by atoms with Crippen molar-refractivity contribution in [3.8, 4) is 0 Å². The minimum atomic E-state index is -0.471. The third kappa shape index (κ3) is 4.40. The average molecular weight is 511 g/mol. The van der Waals surface area contributed by atoms with Gasteiger partial charge in [0, 0.05) is 42.3 Å². The summed E-state index contributed by atoms with van der Waals surface area (Å²) in [5.74, 6) is -0.469. The number of aliphatic imine (C=N–C) groups is 1. The minimum Gasteiger partial charge on any atom is -0.342 e. The van der Waals surface area contributed by atoms with E-state index in [-0.39, 0.29) is 23.7 Å². The molecule has 1 aromatic heterocycles. The molecule has 0 atom stereocenters. The van der Waals surface area contributed by atoms with Gasteiger partial charge in [0.05, 0.1) is 12.0 Å². The summed E-state index contributed by atoms with van der Waals surface area (Å²) in [7, 11) is 0. The second-order valence-corrected chi connectivity index (χ2v) is 10.5. The van der Waals surface area contributed by atoms with Gasteiger partial charge in [-0.3, -0.25) is 15.0 Å². The van der Waals surface area contributed by atoms with Crippen LogP contribution in [0.15, 0.2) is 70.4 Å². The van der Waals surface area contributed by atoms with Gasteiger partial charge in [0.2, 0.25) is 11.1 Å². The van der Waals surface area contributed by atoms with Gasteiger partial charge < -0.3 is 9.47 Å². The molecule has 186 valence electrons. The van der Waals surface area contributed by atoms with Crippen LogP contribution in [0.25, 0.3) is 17.0 Å². The van der Waals surface area contributed by atoms with Crippen molar-refractivity contribution in [2.75, 3.05) is 13.1 Å². The minimum absolute atomic E-state index is 0.0261. The lowest BCUT2D eigenvalue weighted by Crippen LogP contribution is -2.35. The number of carbonyl (C=O) groups excluding carboxylic acids is 2. The molecular formula is C28H26N6O2S. The van der Waals surface area contributed by atoms with Gasteiger partial charge in [0.15, 0.2) is 5.84 Å². The lowest BCUT2D eigenvalue weighted by Gasteiger charge is -2.20. The van der Waals surface area contributed by atoms with Gasteiger partial charge in [-0.15, -0.1) is 0 Å². The number of thioether (sulfide) groups is 1. The zero-order chi connectivity index (χ0) is 25.5. The van der Waals surface area contributed by atoms with Crippen molar-refractivity contribution in [1.29, 1.82) is 5.41 Å². The second-order valence-electron chi connectivity index (χ2n) is 9.43. The van der Waals surface area contributed by atoms with Crippen molar-refractivity contribution < 1.29 is 9.59 Å². The molecule has 0 bridgehead atoms. The fraction of sp³-hybridized carbons (Fsp3) is 0.250. The van der Waals surface area contributed by atoms with E-state index in [1.54, 1.807) is 6.08 Å². The average Bonchev–Trinajstić information content (AvgIpc) is 3.63. The molecule has 0 aliphatic carbocycles. The lowest BCUT2D eigenvalue weighted by atomic mass is 10.1. The maximum absolute atomic E-state index is 13.0. The van der Waals surface area contributed by atoms with Gasteiger partial charge in [-0.2, -0.15) is 15.1 Å². The van der Waals surface area contributed by atoms with Crippen LogP contribution in [0.5, 0.6) is 0 Å². The third-order valence-corrected chi connectivity index (χ3v) is 7.89. The lowest BCUT2D eigenvalue weighted by molar-refractivity contribution is -0.128. The molecule has 1 N–H and O–H groups in total. The van der Waals surface area contributed by atoms with E-state index >= 15 is 0 Å². The van der Waals surface area contributed by atoms with E-state index in [2.05, 4.69) is 39.8 Å². The predicted molar refractivity (Wildman–Crippen MR) is 148 cm³/mol. The molecule has 3 aliphatic rings. The van der Waals surface area contributed by atoms with Crippen LogP contribution in [0.1, 0.15) is 36.0 Å². The van der Waals surface area contributed by atoms with Gasteiger partial charge in [-0.1, -0.05) is 42.5 Å². The predicted octanol–water partition coefficient (Wildman–Crippen LogP) is 4.63. The molecule has 9 heteroatoms. The largest absolute Gasteiger partial charge is 0.342 e. The van der Waals surface area contributed by atoms with Gasteiger partial charge in [0.25, 0.3) is 5.91 Å². The molecule has 0 spiro atoms. The zero-order valence-electron chi connectivity index (χ0n) is 20.5. The van der Waals surface area contributed by atoms with E-state index in [9.17, 15) is 9.59 Å². The molecule has 3 aromatic rings. The monoisotopic (exact) mass is 510 g/mol. The number of nitrogens with one attached hydrogen (secondary N) is 1. The van der Waals surface area contributed by atoms with Gasteiger partial charge in [-0.25, -0.2) is 0 Å². The van der Waals surface area contributed by atoms with Crippen LogP contribution in [0, 0.1) is 12.3 Å². The highest BCUT2D eigenvalue weighted by atomic mass is 32.2. The summed E-state index contributed by atoms with van der Waals surface area (Å²) in [5, 5.41) is 16.5. The number of nitrogens with zero attached hydrogens (tertiary/aromatic N) is 5. The summed E-state index contributed by atoms with van der Waals surface area (Å²) >= 11 is 1.19. The number of hydrogen-bond acceptors (Lipinski definition) is 5. The number of aryl methyl sites for hydroxylation is 1. The topological polar surface area (TPSA) is 94.1 Å². The maximum Gasteiger partial charge on any atom is 0.283 e. The first-order chi connectivity index (χ1) is 18.0. The summed E-state index contributed by atoms with van der Waals surface area (Å²) in [6.07, 6.45) is 5.96. The number of rotatable bonds is 5. The standard InChI is InChI=1S/C28H26N6O2S/c1-18-8-2-3-9-19(18)16-33-17-20(21-10-4-5-11-23(21)33)14-22-26(29)34-28(30-27(22)36)37-24(31-34)15-25(35)32-12-6-7-13-32/h2-5,8-11,14,17,29H,6-7,12-13,15-16H2,1H3. The van der Waals surface area contributed by atoms with E-state index < -0.39 is 5.91 Å². The van der Waals surface area contributed by atoms with Crippen molar-refractivity contribution in [1.82, 2.24) is 14.5 Å². The number of aromatic nitrogens is 1. The molecule has 0 unspecified atom stereocenters. The van der Waals surface area contributed by atoms with Crippen LogP contribution in [0.2, 0.25) is 0 Å². The number of para-hydroxylation sites is 1. The molecule has 1 fully saturated rings. The maximum atomic E-state index is 13.0. The Hall–Kier alpha value is -3.98. The number of benzene rings is 2. The van der Waals surface area contributed by atoms with Crippen LogP contribution in [-0.2, 0) is 16.1 Å². The van der Waals surface area contributed by atoms with Crippen LogP contribution in [0.3, 0.4) is 0 Å². The molecule has 0 radical (unpaired) electrons. The first-order valence-corrected chi connectivity index (χ1v) is 13.2. The normalized spacial score (nSPS) is 18.6. The summed E-state index contributed by atoms with van der Waals surface area (Å²) in [6.45, 7) is 4.36. The highest BCUT2D eigenvalue weighted by Gasteiger charge is 2.36. The second kappa shape index (κ2) is 9.48. The summed E-state index contributed by atoms with van der Waals surface area (Å²) < 4.78 is 2.17. The number of hydrogen-bond donors (Lipinski definition) is 1. The molecule has 37 heavy (non-hydrogen) atoms. The molecule has 4 heterocycles. The zero-order valence-corrected chi connectivity index (χ0v) is 21.3. The molecule has 1 saturated heterocycles. The van der Waals surface area contributed by atoms with Crippen molar-refractivity contribution in [2.45, 2.75) is 32.7 Å².